The van der Waals surface area contributed by atoms with Crippen molar-refractivity contribution < 1.29 is 0 Å². The van der Waals surface area contributed by atoms with Gasteiger partial charge in [0.1, 0.15) is 0 Å². The van der Waals surface area contributed by atoms with Crippen molar-refractivity contribution in [3.05, 3.63) is 18.0 Å². The molecule has 0 aromatic carbocycles. The zero-order valence-electron chi connectivity index (χ0n) is 8.99. The Balaban J connectivity index is 2.42. The molecule has 0 fully saturated rings. The summed E-state index contributed by atoms with van der Waals surface area (Å²) in [7, 11) is 0. The van der Waals surface area contributed by atoms with Crippen LogP contribution < -0.4 is 11.1 Å². The molecule has 0 amide bonds. The standard InChI is InChI=1S/C10H18N4/c1-7(2)9(11)6-14-10-12-4-8(3)5-13-10/h4-5,7,9H,6,11H2,1-3H3,(H,12,13,14). The number of aryl methyl sites for hydroxylation is 1. The number of nitrogens with zero attached hydrogens (tertiary/aromatic N) is 2. The van der Waals surface area contributed by atoms with E-state index in [9.17, 15) is 0 Å². The maximum atomic E-state index is 5.88. The number of aromatic nitrogens is 2. The van der Waals surface area contributed by atoms with Crippen LogP contribution in [0.1, 0.15) is 19.4 Å². The van der Waals surface area contributed by atoms with Gasteiger partial charge in [0.25, 0.3) is 0 Å². The van der Waals surface area contributed by atoms with Gasteiger partial charge in [-0.05, 0) is 18.4 Å². The van der Waals surface area contributed by atoms with Gasteiger partial charge in [-0.15, -0.1) is 0 Å². The van der Waals surface area contributed by atoms with Gasteiger partial charge in [-0.1, -0.05) is 13.8 Å². The van der Waals surface area contributed by atoms with Crippen molar-refractivity contribution in [3.63, 3.8) is 0 Å². The van der Waals surface area contributed by atoms with Crippen LogP contribution in [0.15, 0.2) is 12.4 Å². The van der Waals surface area contributed by atoms with Crippen LogP contribution in [0.25, 0.3) is 0 Å². The zero-order valence-corrected chi connectivity index (χ0v) is 8.99. The van der Waals surface area contributed by atoms with Gasteiger partial charge < -0.3 is 11.1 Å². The number of nitrogens with two attached hydrogens (primary N) is 1. The summed E-state index contributed by atoms with van der Waals surface area (Å²) in [5.41, 5.74) is 6.94. The van der Waals surface area contributed by atoms with Crippen molar-refractivity contribution in [1.29, 1.82) is 0 Å². The SMILES string of the molecule is Cc1cnc(NCC(N)C(C)C)nc1. The van der Waals surface area contributed by atoms with Gasteiger partial charge in [-0.25, -0.2) is 9.97 Å². The summed E-state index contributed by atoms with van der Waals surface area (Å²) in [6.45, 7) is 6.87. The van der Waals surface area contributed by atoms with E-state index in [0.29, 0.717) is 18.4 Å². The van der Waals surface area contributed by atoms with Crippen LogP contribution in [0, 0.1) is 12.8 Å². The summed E-state index contributed by atoms with van der Waals surface area (Å²) in [6, 6.07) is 0.139. The van der Waals surface area contributed by atoms with Gasteiger partial charge in [0.15, 0.2) is 0 Å². The van der Waals surface area contributed by atoms with Crippen molar-refractivity contribution in [3.8, 4) is 0 Å². The molecule has 0 saturated heterocycles. The average Bonchev–Trinajstić information content (AvgIpc) is 2.16. The van der Waals surface area contributed by atoms with Crippen molar-refractivity contribution in [1.82, 2.24) is 9.97 Å². The maximum Gasteiger partial charge on any atom is 0.222 e. The van der Waals surface area contributed by atoms with Gasteiger partial charge >= 0.3 is 0 Å². The summed E-state index contributed by atoms with van der Waals surface area (Å²) < 4.78 is 0. The molecule has 0 aliphatic carbocycles. The van der Waals surface area contributed by atoms with E-state index in [4.69, 9.17) is 5.73 Å². The van der Waals surface area contributed by atoms with Gasteiger partial charge in [-0.3, -0.25) is 0 Å². The molecule has 3 N–H and O–H groups in total. The fraction of sp³-hybridized carbons (Fsp3) is 0.600. The van der Waals surface area contributed by atoms with Crippen LogP contribution in [0.4, 0.5) is 5.95 Å². The highest BCUT2D eigenvalue weighted by Gasteiger charge is 2.07. The molecule has 1 heterocycles. The summed E-state index contributed by atoms with van der Waals surface area (Å²) in [6.07, 6.45) is 3.58. The van der Waals surface area contributed by atoms with E-state index in [-0.39, 0.29) is 6.04 Å². The monoisotopic (exact) mass is 194 g/mol. The van der Waals surface area contributed by atoms with Gasteiger partial charge in [0.05, 0.1) is 0 Å². The normalized spacial score (nSPS) is 12.9. The lowest BCUT2D eigenvalue weighted by molar-refractivity contribution is 0.510. The molecule has 0 spiro atoms. The summed E-state index contributed by atoms with van der Waals surface area (Å²) in [5.74, 6) is 1.11. The van der Waals surface area contributed by atoms with Crippen LogP contribution in [-0.2, 0) is 0 Å². The molecule has 1 aromatic rings. The number of nitrogens with one attached hydrogen (secondary N) is 1. The average molecular weight is 194 g/mol. The van der Waals surface area contributed by atoms with Gasteiger partial charge in [0, 0.05) is 25.0 Å². The number of hydrogen-bond donors (Lipinski definition) is 2. The molecule has 0 aliphatic heterocycles. The second-order valence-corrected chi connectivity index (χ2v) is 3.87. The smallest absolute Gasteiger partial charge is 0.222 e. The molecule has 4 heteroatoms. The van der Waals surface area contributed by atoms with E-state index >= 15 is 0 Å². The van der Waals surface area contributed by atoms with Crippen LogP contribution in [0.5, 0.6) is 0 Å². The first kappa shape index (κ1) is 10.9. The Morgan fingerprint density at radius 3 is 2.43 bits per heavy atom. The third kappa shape index (κ3) is 3.30. The van der Waals surface area contributed by atoms with E-state index < -0.39 is 0 Å². The predicted octanol–water partition coefficient (Wildman–Crippen LogP) is 1.18. The Bertz CT molecular complexity index is 268. The minimum absolute atomic E-state index is 0.139. The van der Waals surface area contributed by atoms with Crippen LogP contribution >= 0.6 is 0 Å². The lowest BCUT2D eigenvalue weighted by atomic mass is 10.1. The van der Waals surface area contributed by atoms with E-state index in [1.807, 2.05) is 6.92 Å². The first-order valence-electron chi connectivity index (χ1n) is 4.87. The molecule has 14 heavy (non-hydrogen) atoms. The highest BCUT2D eigenvalue weighted by molar-refractivity contribution is 5.24. The number of anilines is 1. The van der Waals surface area contributed by atoms with E-state index in [2.05, 4.69) is 29.1 Å². The summed E-state index contributed by atoms with van der Waals surface area (Å²) >= 11 is 0. The molecule has 0 radical (unpaired) electrons. The topological polar surface area (TPSA) is 63.8 Å². The largest absolute Gasteiger partial charge is 0.353 e. The third-order valence-electron chi connectivity index (χ3n) is 2.13. The van der Waals surface area contributed by atoms with Crippen molar-refractivity contribution in [2.75, 3.05) is 11.9 Å². The Morgan fingerprint density at radius 2 is 1.93 bits per heavy atom. The van der Waals surface area contributed by atoms with E-state index in [0.717, 1.165) is 5.56 Å². The summed E-state index contributed by atoms with van der Waals surface area (Å²) in [5, 5.41) is 3.11. The molecule has 1 rings (SSSR count). The molecule has 1 aromatic heterocycles. The molecule has 1 atom stereocenters. The Kier molecular flexibility index (Phi) is 3.83. The van der Waals surface area contributed by atoms with Crippen molar-refractivity contribution in [2.45, 2.75) is 26.8 Å². The van der Waals surface area contributed by atoms with Crippen molar-refractivity contribution >= 4 is 5.95 Å². The lowest BCUT2D eigenvalue weighted by Gasteiger charge is -2.15. The first-order chi connectivity index (χ1) is 6.59. The van der Waals surface area contributed by atoms with E-state index in [1.54, 1.807) is 12.4 Å². The molecule has 0 bridgehead atoms. The Labute approximate surface area is 85.0 Å². The van der Waals surface area contributed by atoms with Crippen molar-refractivity contribution in [2.24, 2.45) is 11.7 Å². The molecule has 1 unspecified atom stereocenters. The fourth-order valence-electron chi connectivity index (χ4n) is 0.929. The third-order valence-corrected chi connectivity index (χ3v) is 2.13. The Morgan fingerprint density at radius 1 is 1.36 bits per heavy atom. The highest BCUT2D eigenvalue weighted by Crippen LogP contribution is 2.01. The molecule has 78 valence electrons. The second kappa shape index (κ2) is 4.91. The summed E-state index contributed by atoms with van der Waals surface area (Å²) in [4.78, 5) is 8.26. The predicted molar refractivity (Wildman–Crippen MR) is 58.1 cm³/mol. The van der Waals surface area contributed by atoms with Crippen LogP contribution in [-0.4, -0.2) is 22.6 Å². The molecule has 0 saturated carbocycles. The highest BCUT2D eigenvalue weighted by atomic mass is 15.1. The van der Waals surface area contributed by atoms with Crippen LogP contribution in [0.3, 0.4) is 0 Å². The number of hydrogen-bond acceptors (Lipinski definition) is 4. The zero-order chi connectivity index (χ0) is 10.6. The van der Waals surface area contributed by atoms with E-state index in [1.165, 1.54) is 0 Å². The maximum absolute atomic E-state index is 5.88. The molecular weight excluding hydrogens is 176 g/mol. The first-order valence-corrected chi connectivity index (χ1v) is 4.87. The number of rotatable bonds is 4. The molecular formula is C10H18N4. The lowest BCUT2D eigenvalue weighted by Crippen LogP contribution is -2.34. The molecule has 0 aliphatic rings. The second-order valence-electron chi connectivity index (χ2n) is 3.87. The minimum atomic E-state index is 0.139. The quantitative estimate of drug-likeness (QED) is 0.755. The fourth-order valence-corrected chi connectivity index (χ4v) is 0.929. The van der Waals surface area contributed by atoms with Crippen LogP contribution in [0.2, 0.25) is 0 Å². The molecule has 4 nitrogen and oxygen atoms in total. The van der Waals surface area contributed by atoms with Gasteiger partial charge in [0.2, 0.25) is 5.95 Å². The minimum Gasteiger partial charge on any atom is -0.353 e. The Hall–Kier alpha value is -1.16. The van der Waals surface area contributed by atoms with Gasteiger partial charge in [-0.2, -0.15) is 0 Å².